The van der Waals surface area contributed by atoms with Crippen LogP contribution in [0.5, 0.6) is 0 Å². The number of carbonyl (C=O) groups excluding carboxylic acids is 2. The third-order valence-corrected chi connectivity index (χ3v) is 5.27. The molecule has 1 fully saturated rings. The first kappa shape index (κ1) is 20.9. The summed E-state index contributed by atoms with van der Waals surface area (Å²) in [5, 5.41) is 25.0. The highest BCUT2D eigenvalue weighted by atomic mass is 16.2. The van der Waals surface area contributed by atoms with Crippen molar-refractivity contribution in [1.29, 1.82) is 5.26 Å². The summed E-state index contributed by atoms with van der Waals surface area (Å²) in [6.07, 6.45) is 1.52. The van der Waals surface area contributed by atoms with Gasteiger partial charge in [0.1, 0.15) is 11.4 Å². The van der Waals surface area contributed by atoms with Crippen molar-refractivity contribution in [2.45, 2.75) is 18.9 Å². The van der Waals surface area contributed by atoms with Gasteiger partial charge in [0.2, 0.25) is 0 Å². The number of anilines is 3. The number of hydrogen-bond acceptors (Lipinski definition) is 5. The summed E-state index contributed by atoms with van der Waals surface area (Å²) in [5.74, 6) is 0.0837. The zero-order valence-corrected chi connectivity index (χ0v) is 17.6. The number of aromatic amines is 1. The number of benzene rings is 2. The molecule has 32 heavy (non-hydrogen) atoms. The highest BCUT2D eigenvalue weighted by Gasteiger charge is 2.46. The van der Waals surface area contributed by atoms with Crippen molar-refractivity contribution in [3.05, 3.63) is 71.9 Å². The molecule has 162 valence electrons. The van der Waals surface area contributed by atoms with Gasteiger partial charge >= 0.3 is 6.03 Å². The second-order valence-corrected chi connectivity index (χ2v) is 7.87. The number of likely N-dealkylation sites (tertiary alicyclic amines) is 1. The number of nitriles is 1. The van der Waals surface area contributed by atoms with Crippen LogP contribution < -0.4 is 16.0 Å². The van der Waals surface area contributed by atoms with Gasteiger partial charge in [-0.3, -0.25) is 9.89 Å². The van der Waals surface area contributed by atoms with Crippen LogP contribution in [0.1, 0.15) is 22.3 Å². The first-order valence-corrected chi connectivity index (χ1v) is 10.2. The molecule has 1 aliphatic heterocycles. The van der Waals surface area contributed by atoms with Gasteiger partial charge in [0.05, 0.1) is 24.2 Å². The SMILES string of the molecule is Cc1cccc(NC(=O)N2CC(CC#N)(NC(=O)c3cn[nH]c3Nc3ccccc3)C2)c1. The third kappa shape index (κ3) is 4.54. The van der Waals surface area contributed by atoms with E-state index in [1.165, 1.54) is 6.20 Å². The van der Waals surface area contributed by atoms with Crippen molar-refractivity contribution in [2.75, 3.05) is 23.7 Å². The summed E-state index contributed by atoms with van der Waals surface area (Å²) in [5.41, 5.74) is 2.07. The number of carbonyl (C=O) groups is 2. The van der Waals surface area contributed by atoms with E-state index in [-0.39, 0.29) is 31.4 Å². The maximum absolute atomic E-state index is 13.0. The number of nitrogens with zero attached hydrogens (tertiary/aromatic N) is 3. The van der Waals surface area contributed by atoms with Crippen LogP contribution in [0.15, 0.2) is 60.8 Å². The van der Waals surface area contributed by atoms with Crippen LogP contribution in [0, 0.1) is 18.3 Å². The van der Waals surface area contributed by atoms with Crippen LogP contribution in [0.2, 0.25) is 0 Å². The van der Waals surface area contributed by atoms with Crippen molar-refractivity contribution in [3.63, 3.8) is 0 Å². The molecular formula is C23H23N7O2. The predicted molar refractivity (Wildman–Crippen MR) is 121 cm³/mol. The van der Waals surface area contributed by atoms with E-state index in [0.29, 0.717) is 17.1 Å². The standard InChI is InChI=1S/C23H23N7O2/c1-16-6-5-9-18(12-16)27-22(32)30-14-23(15-30,10-11-24)28-21(31)19-13-25-29-20(19)26-17-7-3-2-4-8-17/h2-9,12-13H,10,14-15H2,1H3,(H,27,32)(H,28,31)(H2,25,26,29). The number of amides is 3. The van der Waals surface area contributed by atoms with Gasteiger partial charge < -0.3 is 20.9 Å². The summed E-state index contributed by atoms with van der Waals surface area (Å²) in [6.45, 7) is 2.43. The molecular weight excluding hydrogens is 406 g/mol. The third-order valence-electron chi connectivity index (χ3n) is 5.27. The molecule has 0 radical (unpaired) electrons. The van der Waals surface area contributed by atoms with Gasteiger partial charge in [0.15, 0.2) is 0 Å². The first-order chi connectivity index (χ1) is 15.5. The molecule has 3 aromatic rings. The van der Waals surface area contributed by atoms with Gasteiger partial charge in [-0.25, -0.2) is 4.79 Å². The Morgan fingerprint density at radius 1 is 1.16 bits per heavy atom. The molecule has 4 rings (SSSR count). The van der Waals surface area contributed by atoms with Crippen molar-refractivity contribution in [1.82, 2.24) is 20.4 Å². The quantitative estimate of drug-likeness (QED) is 0.478. The fraction of sp³-hybridized carbons (Fsp3) is 0.217. The van der Waals surface area contributed by atoms with E-state index in [1.54, 1.807) is 4.90 Å². The number of H-pyrrole nitrogens is 1. The van der Waals surface area contributed by atoms with Crippen LogP contribution in [-0.2, 0) is 0 Å². The van der Waals surface area contributed by atoms with Crippen LogP contribution >= 0.6 is 0 Å². The fourth-order valence-corrected chi connectivity index (χ4v) is 3.67. The normalized spacial score (nSPS) is 14.1. The Bertz CT molecular complexity index is 1160. The van der Waals surface area contributed by atoms with Gasteiger partial charge in [-0.2, -0.15) is 10.4 Å². The van der Waals surface area contributed by atoms with Crippen LogP contribution in [0.25, 0.3) is 0 Å². The molecule has 0 aliphatic carbocycles. The minimum Gasteiger partial charge on any atom is -0.342 e. The Morgan fingerprint density at radius 2 is 1.91 bits per heavy atom. The van der Waals surface area contributed by atoms with Crippen molar-refractivity contribution in [2.24, 2.45) is 0 Å². The van der Waals surface area contributed by atoms with Crippen molar-refractivity contribution in [3.8, 4) is 6.07 Å². The van der Waals surface area contributed by atoms with Gasteiger partial charge in [-0.1, -0.05) is 30.3 Å². The van der Waals surface area contributed by atoms with E-state index in [0.717, 1.165) is 11.3 Å². The Kier molecular flexibility index (Phi) is 5.77. The van der Waals surface area contributed by atoms with Gasteiger partial charge in [-0.05, 0) is 36.8 Å². The lowest BCUT2D eigenvalue weighted by Gasteiger charge is -2.49. The number of rotatable bonds is 6. The minimum absolute atomic E-state index is 0.0895. The zero-order chi connectivity index (χ0) is 22.6. The summed E-state index contributed by atoms with van der Waals surface area (Å²) in [4.78, 5) is 27.1. The van der Waals surface area contributed by atoms with Crippen LogP contribution in [0.3, 0.4) is 0 Å². The highest BCUT2D eigenvalue weighted by Crippen LogP contribution is 2.27. The Balaban J connectivity index is 1.40. The number of aromatic nitrogens is 2. The van der Waals surface area contributed by atoms with Crippen LogP contribution in [0.4, 0.5) is 22.0 Å². The lowest BCUT2D eigenvalue weighted by atomic mass is 9.86. The summed E-state index contributed by atoms with van der Waals surface area (Å²) < 4.78 is 0. The second kappa shape index (κ2) is 8.81. The summed E-state index contributed by atoms with van der Waals surface area (Å²) >= 11 is 0. The molecule has 2 heterocycles. The van der Waals surface area contributed by atoms with Crippen molar-refractivity contribution < 1.29 is 9.59 Å². The maximum atomic E-state index is 13.0. The van der Waals surface area contributed by atoms with E-state index < -0.39 is 5.54 Å². The molecule has 4 N–H and O–H groups in total. The first-order valence-electron chi connectivity index (χ1n) is 10.2. The van der Waals surface area contributed by atoms with E-state index in [4.69, 9.17) is 0 Å². The molecule has 0 atom stereocenters. The second-order valence-electron chi connectivity index (χ2n) is 7.87. The molecule has 9 nitrogen and oxygen atoms in total. The molecule has 2 aromatic carbocycles. The lowest BCUT2D eigenvalue weighted by Crippen LogP contribution is -2.71. The Hall–Kier alpha value is -4.32. The van der Waals surface area contributed by atoms with E-state index in [1.807, 2.05) is 61.5 Å². The molecule has 1 aromatic heterocycles. The number of para-hydroxylation sites is 1. The monoisotopic (exact) mass is 429 g/mol. The minimum atomic E-state index is -0.808. The molecule has 0 bridgehead atoms. The smallest absolute Gasteiger partial charge is 0.322 e. The highest BCUT2D eigenvalue weighted by molar-refractivity contribution is 6.00. The molecule has 0 saturated carbocycles. The van der Waals surface area contributed by atoms with Gasteiger partial charge in [0.25, 0.3) is 5.91 Å². The average molecular weight is 429 g/mol. The lowest BCUT2D eigenvalue weighted by molar-refractivity contribution is 0.0609. The van der Waals surface area contributed by atoms with Crippen molar-refractivity contribution >= 4 is 29.1 Å². The molecule has 3 amide bonds. The molecule has 1 saturated heterocycles. The summed E-state index contributed by atoms with van der Waals surface area (Å²) in [7, 11) is 0. The Morgan fingerprint density at radius 3 is 2.62 bits per heavy atom. The van der Waals surface area contributed by atoms with Gasteiger partial charge in [-0.15, -0.1) is 0 Å². The topological polar surface area (TPSA) is 126 Å². The largest absolute Gasteiger partial charge is 0.342 e. The number of urea groups is 1. The zero-order valence-electron chi connectivity index (χ0n) is 17.6. The molecule has 0 unspecified atom stereocenters. The number of aryl methyl sites for hydroxylation is 1. The predicted octanol–water partition coefficient (Wildman–Crippen LogP) is 3.39. The van der Waals surface area contributed by atoms with Crippen LogP contribution in [-0.4, -0.2) is 45.7 Å². The van der Waals surface area contributed by atoms with E-state index in [2.05, 4.69) is 32.2 Å². The van der Waals surface area contributed by atoms with Gasteiger partial charge in [0, 0.05) is 24.5 Å². The van der Waals surface area contributed by atoms with E-state index >= 15 is 0 Å². The Labute approximate surface area is 185 Å². The maximum Gasteiger partial charge on any atom is 0.322 e. The summed E-state index contributed by atoms with van der Waals surface area (Å²) in [6, 6.07) is 18.8. The van der Waals surface area contributed by atoms with E-state index in [9.17, 15) is 14.9 Å². The fourth-order valence-electron chi connectivity index (χ4n) is 3.67. The average Bonchev–Trinajstić information content (AvgIpc) is 3.20. The number of hydrogen-bond donors (Lipinski definition) is 4. The molecule has 9 heteroatoms. The number of nitrogens with one attached hydrogen (secondary N) is 4. The molecule has 1 aliphatic rings. The molecule has 0 spiro atoms.